The lowest BCUT2D eigenvalue weighted by Gasteiger charge is -2.36. The van der Waals surface area contributed by atoms with Crippen LogP contribution in [0.25, 0.3) is 0 Å². The summed E-state index contributed by atoms with van der Waals surface area (Å²) in [5.74, 6) is 2.80. The molecule has 2 aliphatic heterocycles. The molecule has 0 amide bonds. The van der Waals surface area contributed by atoms with Gasteiger partial charge >= 0.3 is 0 Å². The number of aryl methyl sites for hydroxylation is 1. The van der Waals surface area contributed by atoms with Crippen LogP contribution in [-0.2, 0) is 0 Å². The number of anilines is 3. The Bertz CT molecular complexity index is 778. The van der Waals surface area contributed by atoms with Crippen molar-refractivity contribution in [2.24, 2.45) is 5.73 Å². The fourth-order valence-electron chi connectivity index (χ4n) is 3.92. The Morgan fingerprint density at radius 3 is 2.37 bits per heavy atom. The van der Waals surface area contributed by atoms with E-state index in [1.54, 1.807) is 6.33 Å². The molecule has 0 saturated carbocycles. The molecule has 2 aromatic heterocycles. The van der Waals surface area contributed by atoms with E-state index in [4.69, 9.17) is 5.73 Å². The van der Waals surface area contributed by atoms with Crippen LogP contribution in [0.4, 0.5) is 17.5 Å². The number of aliphatic hydroxyl groups excluding tert-OH is 1. The third kappa shape index (κ3) is 3.81. The molecule has 8 heteroatoms. The van der Waals surface area contributed by atoms with Crippen LogP contribution >= 0.6 is 0 Å². The molecular formula is C19H27N7O. The Kier molecular flexibility index (Phi) is 5.09. The summed E-state index contributed by atoms with van der Waals surface area (Å²) in [5.41, 5.74) is 7.09. The predicted molar refractivity (Wildman–Crippen MR) is 106 cm³/mol. The normalized spacial score (nSPS) is 23.1. The Morgan fingerprint density at radius 1 is 1.04 bits per heavy atom. The van der Waals surface area contributed by atoms with Crippen LogP contribution in [0, 0.1) is 6.92 Å². The molecule has 2 aromatic rings. The molecule has 2 fully saturated rings. The molecule has 0 spiro atoms. The predicted octanol–water partition coefficient (Wildman–Crippen LogP) is 0.405. The van der Waals surface area contributed by atoms with Crippen molar-refractivity contribution in [1.82, 2.24) is 15.0 Å². The van der Waals surface area contributed by atoms with Gasteiger partial charge < -0.3 is 25.5 Å². The van der Waals surface area contributed by atoms with Gasteiger partial charge in [-0.1, -0.05) is 0 Å². The highest BCUT2D eigenvalue weighted by Crippen LogP contribution is 2.26. The molecule has 0 aliphatic carbocycles. The van der Waals surface area contributed by atoms with Gasteiger partial charge in [0.05, 0.1) is 6.10 Å². The van der Waals surface area contributed by atoms with Crippen molar-refractivity contribution in [2.75, 3.05) is 54.0 Å². The molecule has 0 radical (unpaired) electrons. The zero-order valence-corrected chi connectivity index (χ0v) is 15.7. The van der Waals surface area contributed by atoms with E-state index in [2.05, 4.69) is 42.6 Å². The average Bonchev–Trinajstić information content (AvgIpc) is 3.09. The maximum Gasteiger partial charge on any atom is 0.134 e. The van der Waals surface area contributed by atoms with Crippen LogP contribution in [-0.4, -0.2) is 71.5 Å². The van der Waals surface area contributed by atoms with Gasteiger partial charge in [-0.15, -0.1) is 0 Å². The number of rotatable bonds is 4. The number of piperazine rings is 1. The Labute approximate surface area is 159 Å². The van der Waals surface area contributed by atoms with Crippen molar-refractivity contribution in [3.63, 3.8) is 0 Å². The molecule has 0 unspecified atom stereocenters. The van der Waals surface area contributed by atoms with Crippen LogP contribution in [0.2, 0.25) is 0 Å². The first-order valence-electron chi connectivity index (χ1n) is 9.53. The van der Waals surface area contributed by atoms with Gasteiger partial charge in [0.1, 0.15) is 23.8 Å². The zero-order chi connectivity index (χ0) is 18.8. The highest BCUT2D eigenvalue weighted by atomic mass is 16.3. The van der Waals surface area contributed by atoms with Crippen LogP contribution in [0.1, 0.15) is 12.0 Å². The van der Waals surface area contributed by atoms with Gasteiger partial charge in [0.15, 0.2) is 0 Å². The summed E-state index contributed by atoms with van der Waals surface area (Å²) in [6.45, 7) is 6.76. The van der Waals surface area contributed by atoms with Gasteiger partial charge in [-0.3, -0.25) is 0 Å². The number of aliphatic hydroxyl groups is 1. The van der Waals surface area contributed by atoms with E-state index in [0.717, 1.165) is 43.6 Å². The topological polar surface area (TPSA) is 94.6 Å². The standard InChI is InChI=1S/C19H27N7O/c1-14-2-3-21-17(8-14)24-4-6-25(7-5-24)18-10-19(23-13-22-18)26-12-16(27)9-15(26)11-20/h2-3,8,10,13,15-16,27H,4-7,9,11-12,20H2,1H3/t15-,16-/m1/s1. The second kappa shape index (κ2) is 7.66. The van der Waals surface area contributed by atoms with Crippen molar-refractivity contribution in [1.29, 1.82) is 0 Å². The second-order valence-corrected chi connectivity index (χ2v) is 7.33. The smallest absolute Gasteiger partial charge is 0.134 e. The summed E-state index contributed by atoms with van der Waals surface area (Å²) in [6, 6.07) is 6.30. The molecule has 4 rings (SSSR count). The molecule has 2 atom stereocenters. The molecule has 0 bridgehead atoms. The van der Waals surface area contributed by atoms with Gasteiger partial charge in [0.2, 0.25) is 0 Å². The number of nitrogens with two attached hydrogens (primary N) is 1. The molecule has 144 valence electrons. The van der Waals surface area contributed by atoms with Crippen molar-refractivity contribution in [2.45, 2.75) is 25.5 Å². The maximum absolute atomic E-state index is 9.97. The van der Waals surface area contributed by atoms with E-state index in [1.165, 1.54) is 5.56 Å². The number of aromatic nitrogens is 3. The molecular weight excluding hydrogens is 342 g/mol. The summed E-state index contributed by atoms with van der Waals surface area (Å²) < 4.78 is 0. The van der Waals surface area contributed by atoms with E-state index in [1.807, 2.05) is 18.3 Å². The number of nitrogens with zero attached hydrogens (tertiary/aromatic N) is 6. The highest BCUT2D eigenvalue weighted by molar-refractivity contribution is 5.53. The van der Waals surface area contributed by atoms with Crippen molar-refractivity contribution < 1.29 is 5.11 Å². The first-order chi connectivity index (χ1) is 13.1. The lowest BCUT2D eigenvalue weighted by atomic mass is 10.2. The minimum atomic E-state index is -0.345. The third-order valence-corrected chi connectivity index (χ3v) is 5.43. The Hall–Kier alpha value is -2.45. The second-order valence-electron chi connectivity index (χ2n) is 7.33. The molecule has 4 heterocycles. The maximum atomic E-state index is 9.97. The summed E-state index contributed by atoms with van der Waals surface area (Å²) >= 11 is 0. The van der Waals surface area contributed by atoms with E-state index in [0.29, 0.717) is 19.5 Å². The molecule has 0 aromatic carbocycles. The number of hydrogen-bond acceptors (Lipinski definition) is 8. The van der Waals surface area contributed by atoms with Crippen molar-refractivity contribution in [3.8, 4) is 0 Å². The SMILES string of the molecule is Cc1ccnc(N2CCN(c3cc(N4C[C@H](O)C[C@@H]4CN)ncn3)CC2)c1. The Balaban J connectivity index is 1.44. The number of pyridine rings is 1. The van der Waals surface area contributed by atoms with Crippen LogP contribution in [0.15, 0.2) is 30.7 Å². The number of hydrogen-bond donors (Lipinski definition) is 2. The van der Waals surface area contributed by atoms with E-state index < -0.39 is 0 Å². The van der Waals surface area contributed by atoms with Crippen molar-refractivity contribution in [3.05, 3.63) is 36.3 Å². The highest BCUT2D eigenvalue weighted by Gasteiger charge is 2.31. The van der Waals surface area contributed by atoms with Gasteiger partial charge in [-0.25, -0.2) is 15.0 Å². The van der Waals surface area contributed by atoms with Gasteiger partial charge in [0, 0.05) is 57.6 Å². The minimum Gasteiger partial charge on any atom is -0.391 e. The average molecular weight is 369 g/mol. The zero-order valence-electron chi connectivity index (χ0n) is 15.7. The first-order valence-corrected chi connectivity index (χ1v) is 9.53. The lowest BCUT2D eigenvalue weighted by molar-refractivity contribution is 0.194. The summed E-state index contributed by atoms with van der Waals surface area (Å²) in [6.07, 6.45) is 3.82. The lowest BCUT2D eigenvalue weighted by Crippen LogP contribution is -2.47. The summed E-state index contributed by atoms with van der Waals surface area (Å²) in [5, 5.41) is 9.97. The van der Waals surface area contributed by atoms with Gasteiger partial charge in [0.25, 0.3) is 0 Å². The van der Waals surface area contributed by atoms with E-state index in [9.17, 15) is 5.11 Å². The molecule has 8 nitrogen and oxygen atoms in total. The first kappa shape index (κ1) is 17.9. The van der Waals surface area contributed by atoms with Gasteiger partial charge in [-0.05, 0) is 31.0 Å². The quantitative estimate of drug-likeness (QED) is 0.800. The monoisotopic (exact) mass is 369 g/mol. The van der Waals surface area contributed by atoms with Crippen LogP contribution < -0.4 is 20.4 Å². The number of β-amino-alcohol motifs (C(OH)–C–C–N with tert-alkyl or cyclic N) is 1. The van der Waals surface area contributed by atoms with Gasteiger partial charge in [-0.2, -0.15) is 0 Å². The summed E-state index contributed by atoms with van der Waals surface area (Å²) in [7, 11) is 0. The van der Waals surface area contributed by atoms with E-state index in [-0.39, 0.29) is 12.1 Å². The third-order valence-electron chi connectivity index (χ3n) is 5.43. The van der Waals surface area contributed by atoms with Crippen LogP contribution in [0.3, 0.4) is 0 Å². The van der Waals surface area contributed by atoms with E-state index >= 15 is 0 Å². The minimum absolute atomic E-state index is 0.131. The Morgan fingerprint density at radius 2 is 1.70 bits per heavy atom. The fourth-order valence-corrected chi connectivity index (χ4v) is 3.92. The molecule has 2 saturated heterocycles. The largest absolute Gasteiger partial charge is 0.391 e. The van der Waals surface area contributed by atoms with Crippen LogP contribution in [0.5, 0.6) is 0 Å². The molecule has 27 heavy (non-hydrogen) atoms. The molecule has 3 N–H and O–H groups in total. The fraction of sp³-hybridized carbons (Fsp3) is 0.526. The summed E-state index contributed by atoms with van der Waals surface area (Å²) in [4.78, 5) is 20.1. The van der Waals surface area contributed by atoms with Crippen molar-refractivity contribution >= 4 is 17.5 Å². The molecule has 2 aliphatic rings.